The first-order valence-corrected chi connectivity index (χ1v) is 5.42. The highest BCUT2D eigenvalue weighted by atomic mass is 35.5. The highest BCUT2D eigenvalue weighted by Gasteiger charge is 2.11. The third-order valence-corrected chi connectivity index (χ3v) is 2.50. The second kappa shape index (κ2) is 5.77. The van der Waals surface area contributed by atoms with Crippen molar-refractivity contribution in [2.45, 2.75) is 6.10 Å². The number of rotatable bonds is 4. The average Bonchev–Trinajstić information content (AvgIpc) is 2.15. The molecule has 3 nitrogen and oxygen atoms in total. The van der Waals surface area contributed by atoms with Crippen LogP contribution in [-0.2, 0) is 0 Å². The molecule has 0 radical (unpaired) electrons. The van der Waals surface area contributed by atoms with Gasteiger partial charge in [0.15, 0.2) is 5.75 Å². The Bertz CT molecular complexity index is 323. The van der Waals surface area contributed by atoms with Gasteiger partial charge in [-0.25, -0.2) is 0 Å². The fraction of sp³-hybridized carbons (Fsp3) is 0.333. The molecule has 0 saturated carbocycles. The van der Waals surface area contributed by atoms with Gasteiger partial charge in [-0.1, -0.05) is 34.8 Å². The molecule has 0 bridgehead atoms. The number of benzene rings is 1. The van der Waals surface area contributed by atoms with Gasteiger partial charge in [-0.15, -0.1) is 0 Å². The standard InChI is InChI=1S/C9H10Cl3NO2/c10-5-1-7(11)9(8(12)2-5)15-4-6(14)3-13/h1-2,6,14H,3-4,13H2/p+1/t6-/m0/s1. The second-order valence-corrected chi connectivity index (χ2v) is 4.20. The third kappa shape index (κ3) is 3.70. The molecule has 0 amide bonds. The molecule has 0 aliphatic rings. The van der Waals surface area contributed by atoms with E-state index in [0.29, 0.717) is 27.4 Å². The van der Waals surface area contributed by atoms with Crippen LogP contribution in [0.5, 0.6) is 5.75 Å². The van der Waals surface area contributed by atoms with Crippen LogP contribution in [0.2, 0.25) is 15.1 Å². The molecule has 0 heterocycles. The number of aliphatic hydroxyl groups is 1. The topological polar surface area (TPSA) is 57.1 Å². The van der Waals surface area contributed by atoms with Crippen molar-refractivity contribution in [1.29, 1.82) is 0 Å². The third-order valence-electron chi connectivity index (χ3n) is 1.72. The van der Waals surface area contributed by atoms with Crippen LogP contribution < -0.4 is 10.5 Å². The molecule has 0 fully saturated rings. The summed E-state index contributed by atoms with van der Waals surface area (Å²) in [5, 5.41) is 10.3. The van der Waals surface area contributed by atoms with E-state index in [1.165, 1.54) is 12.1 Å². The Morgan fingerprint density at radius 1 is 1.27 bits per heavy atom. The first-order chi connectivity index (χ1) is 7.04. The van der Waals surface area contributed by atoms with Gasteiger partial charge in [0.1, 0.15) is 19.3 Å². The van der Waals surface area contributed by atoms with E-state index in [2.05, 4.69) is 5.73 Å². The molecular weight excluding hydrogens is 260 g/mol. The molecule has 1 atom stereocenters. The molecule has 0 aromatic heterocycles. The Morgan fingerprint density at radius 3 is 2.27 bits per heavy atom. The zero-order chi connectivity index (χ0) is 11.4. The number of aliphatic hydroxyl groups excluding tert-OH is 1. The van der Waals surface area contributed by atoms with Crippen molar-refractivity contribution < 1.29 is 15.6 Å². The Labute approximate surface area is 103 Å². The van der Waals surface area contributed by atoms with Crippen molar-refractivity contribution in [3.05, 3.63) is 27.2 Å². The zero-order valence-electron chi connectivity index (χ0n) is 7.84. The van der Waals surface area contributed by atoms with Crippen molar-refractivity contribution in [2.24, 2.45) is 0 Å². The Kier molecular flexibility index (Phi) is 4.96. The molecule has 0 aliphatic heterocycles. The van der Waals surface area contributed by atoms with Gasteiger partial charge in [0.25, 0.3) is 0 Å². The van der Waals surface area contributed by atoms with Crippen LogP contribution in [0.1, 0.15) is 0 Å². The fourth-order valence-corrected chi connectivity index (χ4v) is 1.86. The zero-order valence-corrected chi connectivity index (χ0v) is 10.1. The maximum absolute atomic E-state index is 9.26. The Hall–Kier alpha value is -0.190. The summed E-state index contributed by atoms with van der Waals surface area (Å²) in [5.41, 5.74) is 3.54. The normalized spacial score (nSPS) is 12.6. The van der Waals surface area contributed by atoms with Crippen molar-refractivity contribution in [1.82, 2.24) is 0 Å². The van der Waals surface area contributed by atoms with Crippen molar-refractivity contribution in [3.63, 3.8) is 0 Å². The molecule has 84 valence electrons. The minimum absolute atomic E-state index is 0.102. The van der Waals surface area contributed by atoms with Gasteiger partial charge in [-0.05, 0) is 12.1 Å². The van der Waals surface area contributed by atoms with E-state index >= 15 is 0 Å². The number of hydrogen-bond acceptors (Lipinski definition) is 2. The van der Waals surface area contributed by atoms with Crippen LogP contribution in [0.4, 0.5) is 0 Å². The van der Waals surface area contributed by atoms with Crippen LogP contribution in [-0.4, -0.2) is 24.4 Å². The molecule has 6 heteroatoms. The first kappa shape index (κ1) is 12.9. The second-order valence-electron chi connectivity index (χ2n) is 2.95. The fourth-order valence-electron chi connectivity index (χ4n) is 0.930. The lowest BCUT2D eigenvalue weighted by atomic mass is 10.3. The summed E-state index contributed by atoms with van der Waals surface area (Å²) < 4.78 is 5.26. The molecule has 0 unspecified atom stereocenters. The van der Waals surface area contributed by atoms with Crippen LogP contribution in [0.3, 0.4) is 0 Å². The van der Waals surface area contributed by atoms with E-state index in [4.69, 9.17) is 39.5 Å². The summed E-state index contributed by atoms with van der Waals surface area (Å²) in [6, 6.07) is 3.06. The summed E-state index contributed by atoms with van der Waals surface area (Å²) in [6.07, 6.45) is -0.632. The molecule has 0 saturated heterocycles. The van der Waals surface area contributed by atoms with Crippen molar-refractivity contribution >= 4 is 34.8 Å². The number of hydrogen-bond donors (Lipinski definition) is 2. The maximum atomic E-state index is 9.26. The van der Waals surface area contributed by atoms with Gasteiger partial charge in [0, 0.05) is 5.02 Å². The summed E-state index contributed by atoms with van der Waals surface area (Å²) in [5.74, 6) is 0.329. The molecule has 1 aromatic carbocycles. The first-order valence-electron chi connectivity index (χ1n) is 4.29. The van der Waals surface area contributed by atoms with Crippen molar-refractivity contribution in [3.8, 4) is 5.75 Å². The molecule has 0 spiro atoms. The molecular formula is C9H11Cl3NO2+. The predicted octanol–water partition coefficient (Wildman–Crippen LogP) is 1.63. The number of ether oxygens (including phenoxy) is 1. The van der Waals surface area contributed by atoms with Gasteiger partial charge in [0.05, 0.1) is 10.0 Å². The van der Waals surface area contributed by atoms with Crippen LogP contribution >= 0.6 is 34.8 Å². The average molecular weight is 272 g/mol. The maximum Gasteiger partial charge on any atom is 0.156 e. The molecule has 1 rings (SSSR count). The van der Waals surface area contributed by atoms with E-state index in [1.54, 1.807) is 0 Å². The van der Waals surface area contributed by atoms with E-state index < -0.39 is 6.10 Å². The lowest BCUT2D eigenvalue weighted by molar-refractivity contribution is -0.384. The molecule has 1 aromatic rings. The summed E-state index contributed by atoms with van der Waals surface area (Å²) in [6.45, 7) is 0.466. The predicted molar refractivity (Wildman–Crippen MR) is 60.7 cm³/mol. The van der Waals surface area contributed by atoms with Gasteiger partial charge in [-0.2, -0.15) is 0 Å². The van der Waals surface area contributed by atoms with Gasteiger partial charge < -0.3 is 15.6 Å². The largest absolute Gasteiger partial charge is 0.488 e. The van der Waals surface area contributed by atoms with E-state index in [-0.39, 0.29) is 6.61 Å². The number of quaternary nitrogens is 1. The monoisotopic (exact) mass is 270 g/mol. The van der Waals surface area contributed by atoms with E-state index in [0.717, 1.165) is 0 Å². The van der Waals surface area contributed by atoms with Gasteiger partial charge in [-0.3, -0.25) is 0 Å². The summed E-state index contributed by atoms with van der Waals surface area (Å²) in [4.78, 5) is 0. The minimum atomic E-state index is -0.632. The summed E-state index contributed by atoms with van der Waals surface area (Å²) >= 11 is 17.5. The Balaban J connectivity index is 2.77. The van der Waals surface area contributed by atoms with Gasteiger partial charge >= 0.3 is 0 Å². The molecule has 4 N–H and O–H groups in total. The van der Waals surface area contributed by atoms with Gasteiger partial charge in [0.2, 0.25) is 0 Å². The van der Waals surface area contributed by atoms with E-state index in [1.807, 2.05) is 0 Å². The van der Waals surface area contributed by atoms with Crippen molar-refractivity contribution in [2.75, 3.05) is 13.2 Å². The van der Waals surface area contributed by atoms with E-state index in [9.17, 15) is 5.11 Å². The minimum Gasteiger partial charge on any atom is -0.488 e. The van der Waals surface area contributed by atoms with Crippen LogP contribution in [0, 0.1) is 0 Å². The molecule has 15 heavy (non-hydrogen) atoms. The Morgan fingerprint density at radius 2 is 1.80 bits per heavy atom. The van der Waals surface area contributed by atoms with Crippen LogP contribution in [0.25, 0.3) is 0 Å². The molecule has 0 aliphatic carbocycles. The lowest BCUT2D eigenvalue weighted by Gasteiger charge is -2.12. The number of halogens is 3. The van der Waals surface area contributed by atoms with Crippen LogP contribution in [0.15, 0.2) is 12.1 Å². The smallest absolute Gasteiger partial charge is 0.156 e. The lowest BCUT2D eigenvalue weighted by Crippen LogP contribution is -2.56. The highest BCUT2D eigenvalue weighted by Crippen LogP contribution is 2.35. The highest BCUT2D eigenvalue weighted by molar-refractivity contribution is 6.40. The SMILES string of the molecule is [NH3+]C[C@H](O)COc1c(Cl)cc(Cl)cc1Cl. The summed E-state index contributed by atoms with van der Waals surface area (Å²) in [7, 11) is 0. The quantitative estimate of drug-likeness (QED) is 0.874.